The molecule has 5 rings (SSSR count). The summed E-state index contributed by atoms with van der Waals surface area (Å²) in [6.45, 7) is 5.12. The fraction of sp³-hybridized carbons (Fsp3) is 0.250. The monoisotopic (exact) mass is 455 g/mol. The van der Waals surface area contributed by atoms with Gasteiger partial charge < -0.3 is 10.1 Å². The number of hydrogen-bond donors (Lipinski definition) is 1. The number of nitrogens with one attached hydrogen (secondary N) is 1. The highest BCUT2D eigenvalue weighted by atomic mass is 32.2. The van der Waals surface area contributed by atoms with Gasteiger partial charge >= 0.3 is 0 Å². The molecule has 1 aromatic carbocycles. The highest BCUT2D eigenvalue weighted by Gasteiger charge is 2.19. The van der Waals surface area contributed by atoms with Crippen molar-refractivity contribution in [2.45, 2.75) is 29.4 Å². The van der Waals surface area contributed by atoms with Gasteiger partial charge in [-0.15, -0.1) is 0 Å². The molecule has 0 bridgehead atoms. The molecule has 0 radical (unpaired) electrons. The maximum atomic E-state index is 9.61. The van der Waals surface area contributed by atoms with Crippen molar-refractivity contribution in [1.29, 1.82) is 10.5 Å². The highest BCUT2D eigenvalue weighted by Crippen LogP contribution is 2.37. The van der Waals surface area contributed by atoms with Crippen molar-refractivity contribution in [3.05, 3.63) is 65.7 Å². The van der Waals surface area contributed by atoms with Gasteiger partial charge in [-0.05, 0) is 25.1 Å². The summed E-state index contributed by atoms with van der Waals surface area (Å²) in [5.74, 6) is 0. The molecule has 0 aliphatic carbocycles. The molecule has 0 spiro atoms. The minimum absolute atomic E-state index is 0.0885. The molecule has 1 aliphatic heterocycles. The van der Waals surface area contributed by atoms with Crippen LogP contribution in [0.3, 0.4) is 0 Å². The minimum Gasteiger partial charge on any atom is -0.374 e. The van der Waals surface area contributed by atoms with Crippen LogP contribution in [0.2, 0.25) is 0 Å². The number of rotatable bonds is 5. The lowest BCUT2D eigenvalue weighted by molar-refractivity contribution is 0.0158. The number of morpholine rings is 1. The SMILES string of the molecule is Cc1c(-c2cc(Sc3ccccc3C#N)c3c(C#N)cnn3c2)cnn1CC1CNCCO1. The number of nitrogens with zero attached hydrogens (tertiary/aromatic N) is 6. The number of pyridine rings is 1. The van der Waals surface area contributed by atoms with Gasteiger partial charge in [0.1, 0.15) is 12.1 Å². The second kappa shape index (κ2) is 9.08. The molecule has 1 saturated heterocycles. The molecule has 0 saturated carbocycles. The van der Waals surface area contributed by atoms with Gasteiger partial charge in [0, 0.05) is 45.9 Å². The lowest BCUT2D eigenvalue weighted by atomic mass is 10.1. The summed E-state index contributed by atoms with van der Waals surface area (Å²) in [5.41, 5.74) is 4.78. The van der Waals surface area contributed by atoms with Crippen LogP contribution in [0, 0.1) is 29.6 Å². The predicted molar refractivity (Wildman–Crippen MR) is 124 cm³/mol. The Kier molecular flexibility index (Phi) is 5.84. The molecule has 0 amide bonds. The van der Waals surface area contributed by atoms with Crippen LogP contribution in [-0.2, 0) is 11.3 Å². The number of fused-ring (bicyclic) bond motifs is 1. The van der Waals surface area contributed by atoms with Crippen molar-refractivity contribution in [2.24, 2.45) is 0 Å². The van der Waals surface area contributed by atoms with Crippen molar-refractivity contribution in [3.8, 4) is 23.3 Å². The summed E-state index contributed by atoms with van der Waals surface area (Å²) in [6, 6.07) is 14.0. The molecule has 1 N–H and O–H groups in total. The van der Waals surface area contributed by atoms with E-state index in [4.69, 9.17) is 4.74 Å². The number of aromatic nitrogens is 4. The molecule has 1 aliphatic rings. The Hall–Kier alpha value is -3.63. The van der Waals surface area contributed by atoms with E-state index in [-0.39, 0.29) is 6.10 Å². The molecule has 33 heavy (non-hydrogen) atoms. The van der Waals surface area contributed by atoms with E-state index in [9.17, 15) is 10.5 Å². The minimum atomic E-state index is 0.0885. The summed E-state index contributed by atoms with van der Waals surface area (Å²) < 4.78 is 9.54. The first-order valence-corrected chi connectivity index (χ1v) is 11.4. The van der Waals surface area contributed by atoms with Gasteiger partial charge in [-0.3, -0.25) is 4.68 Å². The molecule has 1 atom stereocenters. The van der Waals surface area contributed by atoms with Gasteiger partial charge in [0.2, 0.25) is 0 Å². The molecule has 1 fully saturated rings. The molecular formula is C24H21N7OS. The van der Waals surface area contributed by atoms with Crippen LogP contribution in [-0.4, -0.2) is 45.2 Å². The topological polar surface area (TPSA) is 104 Å². The summed E-state index contributed by atoms with van der Waals surface area (Å²) >= 11 is 1.46. The summed E-state index contributed by atoms with van der Waals surface area (Å²) in [7, 11) is 0. The molecule has 3 aromatic heterocycles. The number of ether oxygens (including phenoxy) is 1. The maximum Gasteiger partial charge on any atom is 0.103 e. The standard InChI is InChI=1S/C24H21N7OS/c1-16-21(13-29-30(16)15-20-12-27-6-7-32-20)18-8-23(24-19(10-26)11-28-31(24)14-18)33-22-5-3-2-4-17(22)9-25/h2-5,8,11,13-14,20,27H,6-7,12,15H2,1H3. The second-order valence-corrected chi connectivity index (χ2v) is 8.87. The lowest BCUT2D eigenvalue weighted by Gasteiger charge is -2.24. The van der Waals surface area contributed by atoms with Crippen molar-refractivity contribution in [3.63, 3.8) is 0 Å². The third kappa shape index (κ3) is 4.10. The molecule has 4 heterocycles. The fourth-order valence-corrected chi connectivity index (χ4v) is 5.09. The Balaban J connectivity index is 1.56. The average molecular weight is 456 g/mol. The molecular weight excluding hydrogens is 434 g/mol. The normalized spacial score (nSPS) is 15.9. The van der Waals surface area contributed by atoms with Crippen molar-refractivity contribution < 1.29 is 4.74 Å². The highest BCUT2D eigenvalue weighted by molar-refractivity contribution is 7.99. The van der Waals surface area contributed by atoms with Gasteiger partial charge in [-0.25, -0.2) is 4.52 Å². The number of nitriles is 2. The summed E-state index contributed by atoms with van der Waals surface area (Å²) in [6.07, 6.45) is 5.44. The van der Waals surface area contributed by atoms with E-state index < -0.39 is 0 Å². The molecule has 4 aromatic rings. The van der Waals surface area contributed by atoms with Crippen LogP contribution in [0.25, 0.3) is 16.6 Å². The van der Waals surface area contributed by atoms with E-state index in [0.29, 0.717) is 24.3 Å². The largest absolute Gasteiger partial charge is 0.374 e. The van der Waals surface area contributed by atoms with E-state index in [1.165, 1.54) is 11.8 Å². The van der Waals surface area contributed by atoms with Crippen molar-refractivity contribution in [2.75, 3.05) is 19.7 Å². The van der Waals surface area contributed by atoms with Crippen LogP contribution in [0.4, 0.5) is 0 Å². The van der Waals surface area contributed by atoms with Crippen molar-refractivity contribution >= 4 is 17.3 Å². The predicted octanol–water partition coefficient (Wildman–Crippen LogP) is 3.39. The van der Waals surface area contributed by atoms with Crippen molar-refractivity contribution in [1.82, 2.24) is 24.7 Å². The average Bonchev–Trinajstić information content (AvgIpc) is 3.43. The Morgan fingerprint density at radius 2 is 2.00 bits per heavy atom. The molecule has 164 valence electrons. The summed E-state index contributed by atoms with van der Waals surface area (Å²) in [4.78, 5) is 1.69. The molecule has 8 nitrogen and oxygen atoms in total. The van der Waals surface area contributed by atoms with Crippen LogP contribution in [0.15, 0.2) is 58.7 Å². The zero-order valence-corrected chi connectivity index (χ0v) is 18.8. The zero-order chi connectivity index (χ0) is 22.8. The lowest BCUT2D eigenvalue weighted by Crippen LogP contribution is -2.41. The smallest absolute Gasteiger partial charge is 0.103 e. The number of benzene rings is 1. The zero-order valence-electron chi connectivity index (χ0n) is 18.0. The van der Waals surface area contributed by atoms with E-state index in [1.807, 2.05) is 48.3 Å². The van der Waals surface area contributed by atoms with Gasteiger partial charge in [-0.1, -0.05) is 23.9 Å². The van der Waals surface area contributed by atoms with E-state index >= 15 is 0 Å². The third-order valence-corrected chi connectivity index (χ3v) is 6.83. The van der Waals surface area contributed by atoms with Gasteiger partial charge in [-0.2, -0.15) is 20.7 Å². The molecule has 1 unspecified atom stereocenters. The third-order valence-electron chi connectivity index (χ3n) is 5.72. The molecule has 9 heteroatoms. The summed E-state index contributed by atoms with van der Waals surface area (Å²) in [5, 5.41) is 31.5. The van der Waals surface area contributed by atoms with E-state index in [1.54, 1.807) is 16.8 Å². The quantitative estimate of drug-likeness (QED) is 0.492. The first-order chi connectivity index (χ1) is 16.2. The first kappa shape index (κ1) is 21.2. The van der Waals surface area contributed by atoms with Crippen LogP contribution >= 0.6 is 11.8 Å². The number of hydrogen-bond acceptors (Lipinski definition) is 7. The van der Waals surface area contributed by atoms with Crippen LogP contribution < -0.4 is 5.32 Å². The fourth-order valence-electron chi connectivity index (χ4n) is 4.00. The van der Waals surface area contributed by atoms with Crippen LogP contribution in [0.1, 0.15) is 16.8 Å². The first-order valence-electron chi connectivity index (χ1n) is 10.6. The van der Waals surface area contributed by atoms with E-state index in [0.717, 1.165) is 45.2 Å². The van der Waals surface area contributed by atoms with E-state index in [2.05, 4.69) is 27.7 Å². The maximum absolute atomic E-state index is 9.61. The van der Waals surface area contributed by atoms with Gasteiger partial charge in [0.05, 0.1) is 48.3 Å². The Labute approximate surface area is 195 Å². The van der Waals surface area contributed by atoms with Crippen LogP contribution in [0.5, 0.6) is 0 Å². The Morgan fingerprint density at radius 1 is 1.15 bits per heavy atom. The Morgan fingerprint density at radius 3 is 2.79 bits per heavy atom. The Bertz CT molecular complexity index is 1400. The second-order valence-electron chi connectivity index (χ2n) is 7.79. The van der Waals surface area contributed by atoms with Gasteiger partial charge in [0.15, 0.2) is 0 Å². The van der Waals surface area contributed by atoms with Gasteiger partial charge in [0.25, 0.3) is 0 Å².